The Balaban J connectivity index is 2.40. The Labute approximate surface area is 183 Å². The number of amides is 1. The number of hydrogen-bond acceptors (Lipinski definition) is 4. The van der Waals surface area contributed by atoms with Gasteiger partial charge in [0.15, 0.2) is 0 Å². The lowest BCUT2D eigenvalue weighted by Crippen LogP contribution is -2.17. The summed E-state index contributed by atoms with van der Waals surface area (Å²) < 4.78 is 57.9. The molecule has 11 heteroatoms. The molecule has 0 spiro atoms. The Bertz CT molecular complexity index is 1130. The molecule has 1 amide bonds. The van der Waals surface area contributed by atoms with Crippen LogP contribution in [0.1, 0.15) is 22.8 Å². The number of carbonyl (C=O) groups excluding carboxylic acids is 1. The molecule has 6 nitrogen and oxygen atoms in total. The number of nitrogens with zero attached hydrogens (tertiary/aromatic N) is 3. The molecule has 1 unspecified atom stereocenters. The molecule has 2 aromatic carbocycles. The highest BCUT2D eigenvalue weighted by Gasteiger charge is 2.31. The lowest BCUT2D eigenvalue weighted by atomic mass is 10.2. The fourth-order valence-electron chi connectivity index (χ4n) is 2.48. The first-order valence-electron chi connectivity index (χ1n) is 8.99. The predicted molar refractivity (Wildman–Crippen MR) is 115 cm³/mol. The van der Waals surface area contributed by atoms with Crippen molar-refractivity contribution in [1.82, 2.24) is 4.90 Å². The summed E-state index contributed by atoms with van der Waals surface area (Å²) in [6.45, 7) is 4.38. The fourth-order valence-corrected chi connectivity index (χ4v) is 4.27. The van der Waals surface area contributed by atoms with Crippen molar-refractivity contribution in [3.05, 3.63) is 52.5 Å². The molecule has 0 aliphatic rings. The van der Waals surface area contributed by atoms with Gasteiger partial charge in [-0.25, -0.2) is 9.20 Å². The third kappa shape index (κ3) is 6.96. The van der Waals surface area contributed by atoms with Gasteiger partial charge in [-0.05, 0) is 49.7 Å². The van der Waals surface area contributed by atoms with E-state index in [1.54, 1.807) is 19.3 Å². The van der Waals surface area contributed by atoms with E-state index in [4.69, 9.17) is 11.6 Å². The number of aryl methyl sites for hydroxylation is 1. The zero-order valence-electron chi connectivity index (χ0n) is 17.2. The molecule has 0 bridgehead atoms. The monoisotopic (exact) mass is 475 g/mol. The summed E-state index contributed by atoms with van der Waals surface area (Å²) in [5.41, 5.74) is 0.819. The van der Waals surface area contributed by atoms with E-state index in [0.717, 1.165) is 18.7 Å². The molecule has 168 valence electrons. The van der Waals surface area contributed by atoms with Crippen molar-refractivity contribution >= 4 is 39.3 Å². The molecule has 2 rings (SSSR count). The van der Waals surface area contributed by atoms with Crippen molar-refractivity contribution < 1.29 is 26.9 Å². The smallest absolute Gasteiger partial charge is 0.406 e. The normalized spacial score (nSPS) is 13.7. The van der Waals surface area contributed by atoms with Gasteiger partial charge < -0.3 is 9.64 Å². The Hall–Kier alpha value is -2.59. The maximum Gasteiger partial charge on any atom is 0.573 e. The minimum absolute atomic E-state index is 0.191. The second kappa shape index (κ2) is 9.69. The van der Waals surface area contributed by atoms with E-state index in [2.05, 4.69) is 14.1 Å². The van der Waals surface area contributed by atoms with Crippen LogP contribution < -0.4 is 4.74 Å². The van der Waals surface area contributed by atoms with Crippen LogP contribution in [0.5, 0.6) is 5.75 Å². The number of aliphatic imine (C=N–C) groups is 1. The largest absolute Gasteiger partial charge is 0.573 e. The van der Waals surface area contributed by atoms with Gasteiger partial charge in [0.1, 0.15) is 5.75 Å². The van der Waals surface area contributed by atoms with E-state index in [1.807, 2.05) is 18.9 Å². The highest BCUT2D eigenvalue weighted by molar-refractivity contribution is 7.93. The summed E-state index contributed by atoms with van der Waals surface area (Å²) in [7, 11) is -1.40. The number of rotatable bonds is 6. The second-order valence-electron chi connectivity index (χ2n) is 6.66. The molecule has 0 saturated heterocycles. The first-order chi connectivity index (χ1) is 14.3. The lowest BCUT2D eigenvalue weighted by molar-refractivity contribution is -0.274. The van der Waals surface area contributed by atoms with Gasteiger partial charge in [-0.3, -0.25) is 4.79 Å². The molecule has 0 aliphatic heterocycles. The van der Waals surface area contributed by atoms with Gasteiger partial charge >= 0.3 is 6.36 Å². The van der Waals surface area contributed by atoms with Crippen LogP contribution in [0.2, 0.25) is 5.02 Å². The highest BCUT2D eigenvalue weighted by Crippen LogP contribution is 2.31. The standard InChI is InChI=1S/C20H21ClF3N3O3S/c1-5-27(3)12-25-17-9-13(2)18(11-16(17)21)31(4,29)26-19(28)14-7-6-8-15(10-14)30-20(22,23)24/h6-12H,5H2,1-4H3/b25-12+. The topological polar surface area (TPSA) is 71.3 Å². The minimum Gasteiger partial charge on any atom is -0.406 e. The number of benzene rings is 2. The first-order valence-corrected chi connectivity index (χ1v) is 11.3. The molecular weight excluding hydrogens is 455 g/mol. The van der Waals surface area contributed by atoms with Gasteiger partial charge in [0.05, 0.1) is 31.7 Å². The molecule has 0 saturated carbocycles. The number of hydrogen-bond donors (Lipinski definition) is 0. The third-order valence-electron chi connectivity index (χ3n) is 4.12. The van der Waals surface area contributed by atoms with Crippen molar-refractivity contribution in [2.75, 3.05) is 19.8 Å². The van der Waals surface area contributed by atoms with Crippen LogP contribution in [0.25, 0.3) is 0 Å². The Morgan fingerprint density at radius 1 is 1.29 bits per heavy atom. The van der Waals surface area contributed by atoms with Crippen molar-refractivity contribution in [2.24, 2.45) is 9.36 Å². The van der Waals surface area contributed by atoms with Crippen LogP contribution >= 0.6 is 11.6 Å². The average Bonchev–Trinajstić information content (AvgIpc) is 2.66. The van der Waals surface area contributed by atoms with Crippen LogP contribution in [-0.2, 0) is 9.73 Å². The van der Waals surface area contributed by atoms with Gasteiger partial charge in [-0.1, -0.05) is 17.7 Å². The molecule has 31 heavy (non-hydrogen) atoms. The van der Waals surface area contributed by atoms with E-state index in [-0.39, 0.29) is 15.5 Å². The van der Waals surface area contributed by atoms with E-state index >= 15 is 0 Å². The van der Waals surface area contributed by atoms with Gasteiger partial charge in [0.2, 0.25) is 0 Å². The summed E-state index contributed by atoms with van der Waals surface area (Å²) in [4.78, 5) is 18.8. The number of alkyl halides is 3. The van der Waals surface area contributed by atoms with Gasteiger partial charge in [-0.15, -0.1) is 13.2 Å². The highest BCUT2D eigenvalue weighted by atomic mass is 35.5. The van der Waals surface area contributed by atoms with Crippen LogP contribution in [0.3, 0.4) is 0 Å². The van der Waals surface area contributed by atoms with Crippen LogP contribution in [-0.4, -0.2) is 47.6 Å². The maximum absolute atomic E-state index is 13.2. The van der Waals surface area contributed by atoms with Crippen LogP contribution in [0.15, 0.2) is 50.6 Å². The summed E-state index contributed by atoms with van der Waals surface area (Å²) in [6, 6.07) is 7.45. The van der Waals surface area contributed by atoms with Crippen molar-refractivity contribution in [2.45, 2.75) is 25.1 Å². The van der Waals surface area contributed by atoms with Crippen LogP contribution in [0.4, 0.5) is 18.9 Å². The van der Waals surface area contributed by atoms with Gasteiger partial charge in [-0.2, -0.15) is 4.36 Å². The zero-order valence-corrected chi connectivity index (χ0v) is 18.8. The van der Waals surface area contributed by atoms with Gasteiger partial charge in [0, 0.05) is 25.4 Å². The average molecular weight is 476 g/mol. The molecule has 0 fully saturated rings. The maximum atomic E-state index is 13.2. The number of halogens is 4. The molecule has 0 N–H and O–H groups in total. The summed E-state index contributed by atoms with van der Waals surface area (Å²) in [5, 5.41) is 0.221. The Morgan fingerprint density at radius 3 is 2.58 bits per heavy atom. The van der Waals surface area contributed by atoms with E-state index in [0.29, 0.717) is 11.3 Å². The molecule has 0 heterocycles. The quantitative estimate of drug-likeness (QED) is 0.411. The summed E-state index contributed by atoms with van der Waals surface area (Å²) >= 11 is 6.26. The molecule has 0 radical (unpaired) electrons. The number of ether oxygens (including phenoxy) is 1. The zero-order chi connectivity index (χ0) is 23.4. The molecule has 0 aromatic heterocycles. The SMILES string of the molecule is CCN(C)/C=N/c1cc(C)c(S(C)(=O)=NC(=O)c2cccc(OC(F)(F)F)c2)cc1Cl. The van der Waals surface area contributed by atoms with Gasteiger partial charge in [0.25, 0.3) is 5.91 Å². The number of carbonyl (C=O) groups is 1. The molecule has 2 aromatic rings. The molecule has 0 aliphatic carbocycles. The van der Waals surface area contributed by atoms with Crippen molar-refractivity contribution in [1.29, 1.82) is 0 Å². The molecular formula is C20H21ClF3N3O3S. The molecule has 1 atom stereocenters. The van der Waals surface area contributed by atoms with E-state index in [9.17, 15) is 22.2 Å². The Morgan fingerprint density at radius 2 is 1.97 bits per heavy atom. The fraction of sp³-hybridized carbons (Fsp3) is 0.300. The second-order valence-corrected chi connectivity index (χ2v) is 9.30. The van der Waals surface area contributed by atoms with Crippen LogP contribution in [0, 0.1) is 6.92 Å². The summed E-state index contributed by atoms with van der Waals surface area (Å²) in [5.74, 6) is -1.52. The van der Waals surface area contributed by atoms with Crippen molar-refractivity contribution in [3.63, 3.8) is 0 Å². The van der Waals surface area contributed by atoms with E-state index < -0.39 is 27.7 Å². The lowest BCUT2D eigenvalue weighted by Gasteiger charge is -2.12. The predicted octanol–water partition coefficient (Wildman–Crippen LogP) is 5.46. The summed E-state index contributed by atoms with van der Waals surface area (Å²) in [6.07, 6.45) is -2.04. The third-order valence-corrected chi connectivity index (χ3v) is 6.19. The van der Waals surface area contributed by atoms with E-state index in [1.165, 1.54) is 24.5 Å². The minimum atomic E-state index is -4.90. The Kier molecular flexibility index (Phi) is 7.72. The van der Waals surface area contributed by atoms with Crippen molar-refractivity contribution in [3.8, 4) is 5.75 Å². The first kappa shape index (κ1) is 24.7.